The van der Waals surface area contributed by atoms with E-state index in [4.69, 9.17) is 0 Å². The Morgan fingerprint density at radius 3 is 2.75 bits per heavy atom. The second kappa shape index (κ2) is 6.76. The van der Waals surface area contributed by atoms with Crippen molar-refractivity contribution in [2.24, 2.45) is 7.05 Å². The van der Waals surface area contributed by atoms with Gasteiger partial charge in [0.2, 0.25) is 5.91 Å². The number of nitrogens with one attached hydrogen (secondary N) is 1. The number of halogens is 1. The van der Waals surface area contributed by atoms with Crippen molar-refractivity contribution in [2.75, 3.05) is 5.32 Å². The fraction of sp³-hybridized carbons (Fsp3) is 0.118. The monoisotopic (exact) mass is 342 g/mol. The summed E-state index contributed by atoms with van der Waals surface area (Å²) in [5.74, 6) is -0.0555. The number of benzene rings is 1. The molecule has 7 heteroatoms. The van der Waals surface area contributed by atoms with Crippen molar-refractivity contribution in [3.63, 3.8) is 0 Å². The van der Waals surface area contributed by atoms with Gasteiger partial charge in [0.1, 0.15) is 17.3 Å². The van der Waals surface area contributed by atoms with Crippen molar-refractivity contribution >= 4 is 29.1 Å². The molecule has 2 heterocycles. The van der Waals surface area contributed by atoms with Crippen molar-refractivity contribution in [3.05, 3.63) is 58.6 Å². The first kappa shape index (κ1) is 16.1. The summed E-state index contributed by atoms with van der Waals surface area (Å²) in [7, 11) is 1.78. The number of hydrogen-bond donors (Lipinski definition) is 1. The van der Waals surface area contributed by atoms with Crippen LogP contribution in [0.25, 0.3) is 17.3 Å². The molecule has 0 unspecified atom stereocenters. The van der Waals surface area contributed by atoms with E-state index in [9.17, 15) is 9.18 Å². The molecule has 0 aliphatic rings. The molecule has 1 aromatic carbocycles. The minimum Gasteiger partial charge on any atom is -0.320 e. The number of anilines is 1. The minimum absolute atomic E-state index is 0.285. The second-order valence-corrected chi connectivity index (χ2v) is 6.24. The molecule has 1 N–H and O–H groups in total. The fourth-order valence-electron chi connectivity index (χ4n) is 2.17. The molecule has 0 aliphatic heterocycles. The molecule has 0 saturated carbocycles. The van der Waals surface area contributed by atoms with E-state index >= 15 is 0 Å². The first-order valence-electron chi connectivity index (χ1n) is 7.21. The molecule has 0 saturated heterocycles. The lowest BCUT2D eigenvalue weighted by molar-refractivity contribution is -0.111. The van der Waals surface area contributed by atoms with Gasteiger partial charge in [0.05, 0.1) is 17.0 Å². The number of aryl methyl sites for hydroxylation is 2. The van der Waals surface area contributed by atoms with E-state index in [0.717, 1.165) is 16.3 Å². The van der Waals surface area contributed by atoms with Crippen LogP contribution < -0.4 is 5.32 Å². The number of hydrogen-bond acceptors (Lipinski definition) is 4. The molecular formula is C17H15FN4OS. The Kier molecular flexibility index (Phi) is 4.52. The smallest absolute Gasteiger partial charge is 0.249 e. The Labute approximate surface area is 142 Å². The van der Waals surface area contributed by atoms with Crippen LogP contribution in [0.4, 0.5) is 10.2 Å². The number of carbonyl (C=O) groups is 1. The first-order chi connectivity index (χ1) is 11.5. The lowest BCUT2D eigenvalue weighted by Crippen LogP contribution is -2.11. The summed E-state index contributed by atoms with van der Waals surface area (Å²) in [6.07, 6.45) is 4.69. The number of imidazole rings is 1. The Morgan fingerprint density at radius 1 is 1.33 bits per heavy atom. The summed E-state index contributed by atoms with van der Waals surface area (Å²) < 4.78 is 14.8. The van der Waals surface area contributed by atoms with Crippen molar-refractivity contribution in [1.82, 2.24) is 14.5 Å². The van der Waals surface area contributed by atoms with Gasteiger partial charge in [-0.15, -0.1) is 11.3 Å². The highest BCUT2D eigenvalue weighted by Gasteiger charge is 2.13. The van der Waals surface area contributed by atoms with Gasteiger partial charge >= 0.3 is 0 Å². The molecule has 0 atom stereocenters. The van der Waals surface area contributed by atoms with E-state index in [1.807, 2.05) is 12.3 Å². The predicted octanol–water partition coefficient (Wildman–Crippen LogP) is 3.64. The standard InChI is InChI=1S/C17H15FN4OS/c1-11-20-14(9-24-11)7-8-15(23)21-17-16(19-10-22(17)2)12-3-5-13(18)6-4-12/h3-10H,1-2H3,(H,21,23)/b8-7+. The minimum atomic E-state index is -0.318. The van der Waals surface area contributed by atoms with Gasteiger partial charge in [0, 0.05) is 24.1 Å². The van der Waals surface area contributed by atoms with Crippen LogP contribution >= 0.6 is 11.3 Å². The topological polar surface area (TPSA) is 59.8 Å². The number of thiazole rings is 1. The van der Waals surface area contributed by atoms with Crippen LogP contribution in [0.2, 0.25) is 0 Å². The van der Waals surface area contributed by atoms with Gasteiger partial charge in [-0.25, -0.2) is 14.4 Å². The molecule has 0 bridgehead atoms. The lowest BCUT2D eigenvalue weighted by atomic mass is 10.1. The zero-order valence-electron chi connectivity index (χ0n) is 13.2. The van der Waals surface area contributed by atoms with Crippen LogP contribution in [0.15, 0.2) is 42.0 Å². The summed E-state index contributed by atoms with van der Waals surface area (Å²) in [4.78, 5) is 20.7. The summed E-state index contributed by atoms with van der Waals surface area (Å²) in [6.45, 7) is 1.91. The Hall–Kier alpha value is -2.80. The average molecular weight is 342 g/mol. The molecule has 0 spiro atoms. The highest BCUT2D eigenvalue weighted by Crippen LogP contribution is 2.26. The van der Waals surface area contributed by atoms with Gasteiger partial charge in [-0.1, -0.05) is 0 Å². The summed E-state index contributed by atoms with van der Waals surface area (Å²) in [5, 5.41) is 5.63. The van der Waals surface area contributed by atoms with Gasteiger partial charge in [-0.05, 0) is 37.3 Å². The average Bonchev–Trinajstić information content (AvgIpc) is 3.13. The van der Waals surface area contributed by atoms with Gasteiger partial charge in [-0.2, -0.15) is 0 Å². The van der Waals surface area contributed by atoms with Crippen LogP contribution in [0.1, 0.15) is 10.7 Å². The Balaban J connectivity index is 1.80. The van der Waals surface area contributed by atoms with Crippen molar-refractivity contribution in [2.45, 2.75) is 6.92 Å². The number of carbonyl (C=O) groups excluding carboxylic acids is 1. The van der Waals surface area contributed by atoms with Gasteiger partial charge in [-0.3, -0.25) is 4.79 Å². The van der Waals surface area contributed by atoms with Gasteiger partial charge < -0.3 is 9.88 Å². The number of amides is 1. The van der Waals surface area contributed by atoms with E-state index in [0.29, 0.717) is 11.5 Å². The molecule has 1 amide bonds. The highest BCUT2D eigenvalue weighted by atomic mass is 32.1. The van der Waals surface area contributed by atoms with Crippen LogP contribution in [0, 0.1) is 12.7 Å². The summed E-state index contributed by atoms with van der Waals surface area (Å²) in [5.41, 5.74) is 2.06. The Bertz CT molecular complexity index is 896. The highest BCUT2D eigenvalue weighted by molar-refractivity contribution is 7.09. The quantitative estimate of drug-likeness (QED) is 0.736. The molecule has 3 rings (SSSR count). The second-order valence-electron chi connectivity index (χ2n) is 5.17. The molecular weight excluding hydrogens is 327 g/mol. The molecule has 122 valence electrons. The van der Waals surface area contributed by atoms with Gasteiger partial charge in [0.15, 0.2) is 0 Å². The Morgan fingerprint density at radius 2 is 2.08 bits per heavy atom. The maximum Gasteiger partial charge on any atom is 0.249 e. The van der Waals surface area contributed by atoms with E-state index < -0.39 is 0 Å². The SMILES string of the molecule is Cc1nc(/C=C/C(=O)Nc2c(-c3ccc(F)cc3)ncn2C)cs1. The predicted molar refractivity (Wildman–Crippen MR) is 93.1 cm³/mol. The van der Waals surface area contributed by atoms with E-state index in [-0.39, 0.29) is 11.7 Å². The molecule has 5 nitrogen and oxygen atoms in total. The van der Waals surface area contributed by atoms with Gasteiger partial charge in [0.25, 0.3) is 0 Å². The van der Waals surface area contributed by atoms with E-state index in [2.05, 4.69) is 15.3 Å². The number of rotatable bonds is 4. The largest absolute Gasteiger partial charge is 0.320 e. The van der Waals surface area contributed by atoms with Crippen LogP contribution in [0.3, 0.4) is 0 Å². The van der Waals surface area contributed by atoms with E-state index in [1.54, 1.807) is 36.2 Å². The molecule has 3 aromatic rings. The maximum absolute atomic E-state index is 13.1. The third kappa shape index (κ3) is 3.57. The molecule has 0 aliphatic carbocycles. The lowest BCUT2D eigenvalue weighted by Gasteiger charge is -2.06. The summed E-state index contributed by atoms with van der Waals surface area (Å²) >= 11 is 1.53. The summed E-state index contributed by atoms with van der Waals surface area (Å²) in [6, 6.07) is 5.97. The van der Waals surface area contributed by atoms with Crippen LogP contribution in [0.5, 0.6) is 0 Å². The first-order valence-corrected chi connectivity index (χ1v) is 8.09. The maximum atomic E-state index is 13.1. The molecule has 0 radical (unpaired) electrons. The zero-order chi connectivity index (χ0) is 17.1. The third-order valence-corrected chi connectivity index (χ3v) is 4.13. The molecule has 24 heavy (non-hydrogen) atoms. The number of nitrogens with zero attached hydrogens (tertiary/aromatic N) is 3. The van der Waals surface area contributed by atoms with Crippen molar-refractivity contribution in [1.29, 1.82) is 0 Å². The zero-order valence-corrected chi connectivity index (χ0v) is 14.0. The van der Waals surface area contributed by atoms with E-state index in [1.165, 1.54) is 29.5 Å². The van der Waals surface area contributed by atoms with Crippen LogP contribution in [-0.2, 0) is 11.8 Å². The normalized spacial score (nSPS) is 11.1. The van der Waals surface area contributed by atoms with Crippen molar-refractivity contribution < 1.29 is 9.18 Å². The molecule has 2 aromatic heterocycles. The van der Waals surface area contributed by atoms with Crippen molar-refractivity contribution in [3.8, 4) is 11.3 Å². The molecule has 0 fully saturated rings. The third-order valence-electron chi connectivity index (χ3n) is 3.34. The van der Waals surface area contributed by atoms with Crippen LogP contribution in [-0.4, -0.2) is 20.4 Å². The fourth-order valence-corrected chi connectivity index (χ4v) is 2.75. The number of aromatic nitrogens is 3.